The molecule has 1 aromatic rings. The number of benzene rings is 1. The van der Waals surface area contributed by atoms with Crippen molar-refractivity contribution in [3.8, 4) is 5.75 Å². The van der Waals surface area contributed by atoms with Gasteiger partial charge in [0.2, 0.25) is 0 Å². The average Bonchev–Trinajstić information content (AvgIpc) is 2.38. The second-order valence-corrected chi connectivity index (χ2v) is 5.94. The minimum absolute atomic E-state index is 0.142. The minimum Gasteiger partial charge on any atom is -0.495 e. The Labute approximate surface area is 136 Å². The summed E-state index contributed by atoms with van der Waals surface area (Å²) in [7, 11) is 1.65. The Hall–Kier alpha value is -0.590. The third-order valence-electron chi connectivity index (χ3n) is 2.64. The molecule has 4 nitrogen and oxygen atoms in total. The maximum absolute atomic E-state index is 11.2. The van der Waals surface area contributed by atoms with Crippen LogP contribution in [0.4, 0.5) is 0 Å². The van der Waals surface area contributed by atoms with E-state index in [1.807, 2.05) is 19.1 Å². The summed E-state index contributed by atoms with van der Waals surface area (Å²) < 4.78 is 12.2. The van der Waals surface area contributed by atoms with Crippen LogP contribution in [0, 0.1) is 0 Å². The normalized spacial score (nSPS) is 10.4. The van der Waals surface area contributed by atoms with Gasteiger partial charge in [0.1, 0.15) is 5.75 Å². The first-order chi connectivity index (χ1) is 9.58. The lowest BCUT2D eigenvalue weighted by Gasteiger charge is -2.12. The van der Waals surface area contributed by atoms with E-state index in [1.165, 1.54) is 0 Å². The number of halogens is 2. The molecule has 0 saturated heterocycles. The van der Waals surface area contributed by atoms with E-state index < -0.39 is 0 Å². The number of methoxy groups -OCH3 is 1. The van der Waals surface area contributed by atoms with Gasteiger partial charge in [0, 0.05) is 23.0 Å². The van der Waals surface area contributed by atoms with Crippen LogP contribution < -0.4 is 10.1 Å². The van der Waals surface area contributed by atoms with Crippen molar-refractivity contribution in [2.75, 3.05) is 20.3 Å². The van der Waals surface area contributed by atoms with Gasteiger partial charge in [-0.05, 0) is 48.0 Å². The van der Waals surface area contributed by atoms with E-state index in [4.69, 9.17) is 9.47 Å². The fourth-order valence-electron chi connectivity index (χ4n) is 1.79. The first-order valence-electron chi connectivity index (χ1n) is 6.46. The monoisotopic (exact) mass is 407 g/mol. The molecule has 20 heavy (non-hydrogen) atoms. The van der Waals surface area contributed by atoms with Crippen LogP contribution in [0.5, 0.6) is 5.75 Å². The highest BCUT2D eigenvalue weighted by molar-refractivity contribution is 9.11. The third kappa shape index (κ3) is 5.81. The first kappa shape index (κ1) is 17.5. The Morgan fingerprint density at radius 3 is 2.75 bits per heavy atom. The van der Waals surface area contributed by atoms with Gasteiger partial charge in [-0.2, -0.15) is 0 Å². The molecule has 0 aliphatic carbocycles. The van der Waals surface area contributed by atoms with E-state index in [0.29, 0.717) is 19.6 Å². The summed E-state index contributed by atoms with van der Waals surface area (Å²) in [4.78, 5) is 11.2. The molecule has 0 atom stereocenters. The van der Waals surface area contributed by atoms with Crippen LogP contribution >= 0.6 is 31.9 Å². The third-order valence-corrected chi connectivity index (χ3v) is 3.69. The molecule has 1 N–H and O–H groups in total. The molecular formula is C14H19Br2NO3. The van der Waals surface area contributed by atoms with Crippen molar-refractivity contribution in [3.63, 3.8) is 0 Å². The number of esters is 1. The molecule has 0 bridgehead atoms. The van der Waals surface area contributed by atoms with Crippen LogP contribution in [0.3, 0.4) is 0 Å². The summed E-state index contributed by atoms with van der Waals surface area (Å²) in [6, 6.07) is 3.96. The number of nitrogens with one attached hydrogen (secondary N) is 1. The average molecular weight is 409 g/mol. The predicted octanol–water partition coefficient (Wildman–Crippen LogP) is 3.65. The molecule has 0 radical (unpaired) electrons. The Balaban J connectivity index is 2.40. The van der Waals surface area contributed by atoms with Gasteiger partial charge in [-0.1, -0.05) is 15.9 Å². The summed E-state index contributed by atoms with van der Waals surface area (Å²) in [6.07, 6.45) is 1.20. The molecule has 0 spiro atoms. The summed E-state index contributed by atoms with van der Waals surface area (Å²) in [5, 5.41) is 3.30. The fourth-order valence-corrected chi connectivity index (χ4v) is 3.26. The molecule has 112 valence electrons. The molecular weight excluding hydrogens is 390 g/mol. The molecule has 0 unspecified atom stereocenters. The summed E-state index contributed by atoms with van der Waals surface area (Å²) >= 11 is 6.93. The zero-order valence-corrected chi connectivity index (χ0v) is 14.8. The summed E-state index contributed by atoms with van der Waals surface area (Å²) in [5.74, 6) is 0.683. The van der Waals surface area contributed by atoms with E-state index in [1.54, 1.807) is 7.11 Å². The first-order valence-corrected chi connectivity index (χ1v) is 8.05. The second kappa shape index (κ2) is 9.37. The van der Waals surface area contributed by atoms with E-state index >= 15 is 0 Å². The summed E-state index contributed by atoms with van der Waals surface area (Å²) in [6.45, 7) is 3.69. The molecule has 1 aromatic carbocycles. The maximum atomic E-state index is 11.2. The van der Waals surface area contributed by atoms with Crippen molar-refractivity contribution in [2.24, 2.45) is 0 Å². The SMILES string of the molecule is CCOC(=O)CCCNCc1cc(Br)cc(Br)c1OC. The van der Waals surface area contributed by atoms with Crippen molar-refractivity contribution in [3.05, 3.63) is 26.6 Å². The number of rotatable bonds is 8. The molecule has 0 aliphatic rings. The van der Waals surface area contributed by atoms with E-state index in [-0.39, 0.29) is 5.97 Å². The van der Waals surface area contributed by atoms with Crippen LogP contribution in [-0.4, -0.2) is 26.2 Å². The Bertz CT molecular complexity index is 452. The highest BCUT2D eigenvalue weighted by Gasteiger charge is 2.09. The predicted molar refractivity (Wildman–Crippen MR) is 86.0 cm³/mol. The number of carbonyl (C=O) groups excluding carboxylic acids is 1. The number of hydrogen-bond acceptors (Lipinski definition) is 4. The Morgan fingerprint density at radius 1 is 1.35 bits per heavy atom. The van der Waals surface area contributed by atoms with Crippen LogP contribution in [0.1, 0.15) is 25.3 Å². The quantitative estimate of drug-likeness (QED) is 0.526. The van der Waals surface area contributed by atoms with Crippen molar-refractivity contribution in [2.45, 2.75) is 26.3 Å². The van der Waals surface area contributed by atoms with Gasteiger partial charge in [0.15, 0.2) is 0 Å². The lowest BCUT2D eigenvalue weighted by Crippen LogP contribution is -2.17. The molecule has 0 aromatic heterocycles. The van der Waals surface area contributed by atoms with E-state index in [0.717, 1.165) is 33.2 Å². The molecule has 0 saturated carbocycles. The maximum Gasteiger partial charge on any atom is 0.305 e. The molecule has 1 rings (SSSR count). The van der Waals surface area contributed by atoms with Crippen molar-refractivity contribution >= 4 is 37.8 Å². The van der Waals surface area contributed by atoms with Crippen LogP contribution in [-0.2, 0) is 16.1 Å². The highest BCUT2D eigenvalue weighted by Crippen LogP contribution is 2.32. The zero-order valence-electron chi connectivity index (χ0n) is 11.7. The molecule has 0 fully saturated rings. The number of carbonyl (C=O) groups is 1. The van der Waals surface area contributed by atoms with Gasteiger partial charge in [0.25, 0.3) is 0 Å². The summed E-state index contributed by atoms with van der Waals surface area (Å²) in [5.41, 5.74) is 1.06. The smallest absolute Gasteiger partial charge is 0.305 e. The molecule has 0 aliphatic heterocycles. The van der Waals surface area contributed by atoms with Crippen LogP contribution in [0.2, 0.25) is 0 Å². The Morgan fingerprint density at radius 2 is 2.10 bits per heavy atom. The highest BCUT2D eigenvalue weighted by atomic mass is 79.9. The number of hydrogen-bond donors (Lipinski definition) is 1. The van der Waals surface area contributed by atoms with E-state index in [9.17, 15) is 4.79 Å². The van der Waals surface area contributed by atoms with Crippen LogP contribution in [0.15, 0.2) is 21.1 Å². The molecule has 0 amide bonds. The molecule has 0 heterocycles. The van der Waals surface area contributed by atoms with Crippen molar-refractivity contribution < 1.29 is 14.3 Å². The van der Waals surface area contributed by atoms with Gasteiger partial charge < -0.3 is 14.8 Å². The van der Waals surface area contributed by atoms with Gasteiger partial charge in [0.05, 0.1) is 18.2 Å². The van der Waals surface area contributed by atoms with Gasteiger partial charge >= 0.3 is 5.97 Å². The van der Waals surface area contributed by atoms with Gasteiger partial charge in [-0.3, -0.25) is 4.79 Å². The van der Waals surface area contributed by atoms with Gasteiger partial charge in [-0.25, -0.2) is 0 Å². The van der Waals surface area contributed by atoms with E-state index in [2.05, 4.69) is 37.2 Å². The minimum atomic E-state index is -0.142. The van der Waals surface area contributed by atoms with Gasteiger partial charge in [-0.15, -0.1) is 0 Å². The largest absolute Gasteiger partial charge is 0.495 e. The second-order valence-electron chi connectivity index (χ2n) is 4.17. The zero-order chi connectivity index (χ0) is 15.0. The van der Waals surface area contributed by atoms with Crippen molar-refractivity contribution in [1.29, 1.82) is 0 Å². The molecule has 6 heteroatoms. The standard InChI is InChI=1S/C14H19Br2NO3/c1-3-20-13(18)5-4-6-17-9-10-7-11(15)8-12(16)14(10)19-2/h7-8,17H,3-6,9H2,1-2H3. The van der Waals surface area contributed by atoms with Crippen molar-refractivity contribution in [1.82, 2.24) is 5.32 Å². The Kier molecular flexibility index (Phi) is 8.18. The number of ether oxygens (including phenoxy) is 2. The lowest BCUT2D eigenvalue weighted by atomic mass is 10.2. The lowest BCUT2D eigenvalue weighted by molar-refractivity contribution is -0.143. The van der Waals surface area contributed by atoms with Crippen LogP contribution in [0.25, 0.3) is 0 Å². The fraction of sp³-hybridized carbons (Fsp3) is 0.500. The topological polar surface area (TPSA) is 47.6 Å².